The molecule has 1 aromatic heterocycles. The average molecular weight is 192 g/mol. The minimum atomic E-state index is -0.115. The predicted molar refractivity (Wildman–Crippen MR) is 53.7 cm³/mol. The number of aryl methyl sites for hydroxylation is 2. The molecule has 1 aromatic rings. The van der Waals surface area contributed by atoms with Crippen molar-refractivity contribution >= 4 is 0 Å². The van der Waals surface area contributed by atoms with Crippen LogP contribution in [0.4, 0.5) is 0 Å². The van der Waals surface area contributed by atoms with E-state index in [1.165, 1.54) is 19.3 Å². The van der Waals surface area contributed by atoms with Crippen LogP contribution in [0.15, 0.2) is 0 Å². The van der Waals surface area contributed by atoms with Crippen LogP contribution >= 0.6 is 0 Å². The van der Waals surface area contributed by atoms with Gasteiger partial charge in [-0.15, -0.1) is 5.10 Å². The van der Waals surface area contributed by atoms with Crippen LogP contribution in [0.3, 0.4) is 0 Å². The fourth-order valence-corrected chi connectivity index (χ4v) is 1.74. The molecule has 0 aliphatic heterocycles. The highest BCUT2D eigenvalue weighted by Crippen LogP contribution is 2.17. The van der Waals surface area contributed by atoms with Crippen LogP contribution in [0, 0.1) is 0 Å². The maximum absolute atomic E-state index is 5.72. The predicted octanol–water partition coefficient (Wildman–Crippen LogP) is 1.16. The number of hydrogen-bond donors (Lipinski definition) is 1. The van der Waals surface area contributed by atoms with Crippen molar-refractivity contribution in [2.75, 3.05) is 0 Å². The Morgan fingerprint density at radius 3 is 2.50 bits per heavy atom. The van der Waals surface area contributed by atoms with Gasteiger partial charge in [-0.05, 0) is 32.6 Å². The van der Waals surface area contributed by atoms with Crippen molar-refractivity contribution in [3.8, 4) is 0 Å². The van der Waals surface area contributed by atoms with Gasteiger partial charge in [-0.3, -0.25) is 0 Å². The first-order chi connectivity index (χ1) is 6.77. The molecule has 0 spiro atoms. The highest BCUT2D eigenvalue weighted by Gasteiger charge is 2.13. The fraction of sp³-hybridized carbons (Fsp3) is 0.700. The Balaban J connectivity index is 2.32. The van der Waals surface area contributed by atoms with Gasteiger partial charge in [0.15, 0.2) is 5.82 Å². The molecule has 0 radical (unpaired) electrons. The van der Waals surface area contributed by atoms with Gasteiger partial charge in [-0.25, -0.2) is 4.98 Å². The molecule has 1 aliphatic rings. The molecule has 1 unspecified atom stereocenters. The van der Waals surface area contributed by atoms with Gasteiger partial charge in [0, 0.05) is 0 Å². The molecule has 0 saturated carbocycles. The molecular formula is C10H16N4. The Morgan fingerprint density at radius 1 is 1.07 bits per heavy atom. The highest BCUT2D eigenvalue weighted by atomic mass is 15.2. The summed E-state index contributed by atoms with van der Waals surface area (Å²) in [4.78, 5) is 4.47. The van der Waals surface area contributed by atoms with E-state index in [9.17, 15) is 0 Å². The van der Waals surface area contributed by atoms with E-state index in [0.717, 1.165) is 24.2 Å². The third kappa shape index (κ3) is 1.90. The van der Waals surface area contributed by atoms with E-state index in [1.54, 1.807) is 0 Å². The molecule has 4 heteroatoms. The Kier molecular flexibility index (Phi) is 2.72. The zero-order valence-corrected chi connectivity index (χ0v) is 8.53. The van der Waals surface area contributed by atoms with Crippen molar-refractivity contribution in [3.63, 3.8) is 0 Å². The molecule has 0 saturated heterocycles. The van der Waals surface area contributed by atoms with Crippen LogP contribution in [0.2, 0.25) is 0 Å². The zero-order valence-electron chi connectivity index (χ0n) is 8.53. The summed E-state index contributed by atoms with van der Waals surface area (Å²) in [5.41, 5.74) is 7.91. The van der Waals surface area contributed by atoms with Crippen LogP contribution < -0.4 is 5.73 Å². The quantitative estimate of drug-likeness (QED) is 0.678. The second-order valence-electron chi connectivity index (χ2n) is 3.91. The lowest BCUT2D eigenvalue weighted by Gasteiger charge is -2.07. The number of nitrogens with two attached hydrogens (primary N) is 1. The lowest BCUT2D eigenvalue weighted by atomic mass is 10.2. The first kappa shape index (κ1) is 9.52. The fourth-order valence-electron chi connectivity index (χ4n) is 1.74. The van der Waals surface area contributed by atoms with Crippen LogP contribution in [-0.2, 0) is 12.8 Å². The van der Waals surface area contributed by atoms with Gasteiger partial charge in [0.25, 0.3) is 0 Å². The maximum Gasteiger partial charge on any atom is 0.167 e. The van der Waals surface area contributed by atoms with E-state index in [-0.39, 0.29) is 6.04 Å². The summed E-state index contributed by atoms with van der Waals surface area (Å²) in [7, 11) is 0. The van der Waals surface area contributed by atoms with Gasteiger partial charge in [-0.1, -0.05) is 6.42 Å². The van der Waals surface area contributed by atoms with Gasteiger partial charge >= 0.3 is 0 Å². The summed E-state index contributed by atoms with van der Waals surface area (Å²) in [6, 6.07) is -0.115. The molecule has 76 valence electrons. The van der Waals surface area contributed by atoms with E-state index >= 15 is 0 Å². The molecule has 0 amide bonds. The van der Waals surface area contributed by atoms with Crippen molar-refractivity contribution in [2.45, 2.75) is 45.1 Å². The molecule has 2 rings (SSSR count). The first-order valence-corrected chi connectivity index (χ1v) is 5.25. The third-order valence-electron chi connectivity index (χ3n) is 2.59. The third-order valence-corrected chi connectivity index (χ3v) is 2.59. The van der Waals surface area contributed by atoms with E-state index in [4.69, 9.17) is 5.73 Å². The zero-order chi connectivity index (χ0) is 9.97. The van der Waals surface area contributed by atoms with E-state index in [2.05, 4.69) is 15.2 Å². The van der Waals surface area contributed by atoms with E-state index in [1.807, 2.05) is 6.92 Å². The Hall–Kier alpha value is -1.03. The molecule has 1 atom stereocenters. The van der Waals surface area contributed by atoms with Gasteiger partial charge in [0.05, 0.1) is 17.4 Å². The molecule has 1 aliphatic carbocycles. The van der Waals surface area contributed by atoms with Crippen molar-refractivity contribution in [2.24, 2.45) is 5.73 Å². The highest BCUT2D eigenvalue weighted by molar-refractivity contribution is 5.13. The van der Waals surface area contributed by atoms with Crippen LogP contribution in [-0.4, -0.2) is 15.2 Å². The molecule has 0 bridgehead atoms. The summed E-state index contributed by atoms with van der Waals surface area (Å²) >= 11 is 0. The largest absolute Gasteiger partial charge is 0.321 e. The van der Waals surface area contributed by atoms with Crippen molar-refractivity contribution in [1.29, 1.82) is 0 Å². The lowest BCUT2D eigenvalue weighted by Crippen LogP contribution is -2.14. The van der Waals surface area contributed by atoms with Gasteiger partial charge in [-0.2, -0.15) is 5.10 Å². The van der Waals surface area contributed by atoms with Crippen molar-refractivity contribution < 1.29 is 0 Å². The minimum absolute atomic E-state index is 0.115. The standard InChI is InChI=1S/C10H16N4/c1-7(11)10-12-8-5-3-2-4-6-9(8)13-14-10/h7H,2-6,11H2,1H3. The summed E-state index contributed by atoms with van der Waals surface area (Å²) in [6.07, 6.45) is 5.75. The summed E-state index contributed by atoms with van der Waals surface area (Å²) in [5, 5.41) is 8.26. The normalized spacial score (nSPS) is 18.4. The SMILES string of the molecule is CC(N)c1nnc2c(n1)CCCCC2. The Bertz CT molecular complexity index is 322. The smallest absolute Gasteiger partial charge is 0.167 e. The number of hydrogen-bond acceptors (Lipinski definition) is 4. The minimum Gasteiger partial charge on any atom is -0.321 e. The topological polar surface area (TPSA) is 64.7 Å². The number of nitrogens with zero attached hydrogens (tertiary/aromatic N) is 3. The molecule has 2 N–H and O–H groups in total. The van der Waals surface area contributed by atoms with E-state index < -0.39 is 0 Å². The van der Waals surface area contributed by atoms with Gasteiger partial charge in [0.2, 0.25) is 0 Å². The maximum atomic E-state index is 5.72. The van der Waals surface area contributed by atoms with E-state index in [0.29, 0.717) is 5.82 Å². The second-order valence-corrected chi connectivity index (χ2v) is 3.91. The lowest BCUT2D eigenvalue weighted by molar-refractivity contribution is 0.676. The first-order valence-electron chi connectivity index (χ1n) is 5.25. The van der Waals surface area contributed by atoms with Crippen LogP contribution in [0.25, 0.3) is 0 Å². The Morgan fingerprint density at radius 2 is 1.79 bits per heavy atom. The molecular weight excluding hydrogens is 176 g/mol. The monoisotopic (exact) mass is 192 g/mol. The Labute approximate surface area is 83.9 Å². The molecule has 0 aromatic carbocycles. The summed E-state index contributed by atoms with van der Waals surface area (Å²) < 4.78 is 0. The van der Waals surface area contributed by atoms with Crippen LogP contribution in [0.1, 0.15) is 49.4 Å². The molecule has 0 fully saturated rings. The molecule has 1 heterocycles. The van der Waals surface area contributed by atoms with Gasteiger partial charge < -0.3 is 5.73 Å². The van der Waals surface area contributed by atoms with Crippen molar-refractivity contribution in [1.82, 2.24) is 15.2 Å². The number of rotatable bonds is 1. The second kappa shape index (κ2) is 4.00. The van der Waals surface area contributed by atoms with Crippen molar-refractivity contribution in [3.05, 3.63) is 17.2 Å². The number of aromatic nitrogens is 3. The number of fused-ring (bicyclic) bond motifs is 1. The van der Waals surface area contributed by atoms with Gasteiger partial charge in [0.1, 0.15) is 0 Å². The van der Waals surface area contributed by atoms with Crippen LogP contribution in [0.5, 0.6) is 0 Å². The average Bonchev–Trinajstić information content (AvgIpc) is 2.41. The summed E-state index contributed by atoms with van der Waals surface area (Å²) in [6.45, 7) is 1.89. The molecule has 4 nitrogen and oxygen atoms in total. The molecule has 14 heavy (non-hydrogen) atoms. The summed E-state index contributed by atoms with van der Waals surface area (Å²) in [5.74, 6) is 0.672.